The van der Waals surface area contributed by atoms with Crippen LogP contribution in [0.3, 0.4) is 0 Å². The van der Waals surface area contributed by atoms with E-state index in [-0.39, 0.29) is 17.4 Å². The second-order valence-corrected chi connectivity index (χ2v) is 10.5. The molecule has 2 fully saturated rings. The van der Waals surface area contributed by atoms with Crippen LogP contribution >= 0.6 is 0 Å². The summed E-state index contributed by atoms with van der Waals surface area (Å²) in [5, 5.41) is 11.5. The van der Waals surface area contributed by atoms with Crippen LogP contribution in [0.2, 0.25) is 0 Å². The number of aliphatic hydroxyl groups is 1. The number of ketones is 1. The summed E-state index contributed by atoms with van der Waals surface area (Å²) < 4.78 is 17.2. The number of carbonyl (C=O) groups is 2. The predicted octanol–water partition coefficient (Wildman–Crippen LogP) is 4.33. The molecule has 0 radical (unpaired) electrons. The topological polar surface area (TPSA) is 88.5 Å². The lowest BCUT2D eigenvalue weighted by Crippen LogP contribution is -2.38. The molecule has 3 heterocycles. The van der Waals surface area contributed by atoms with Crippen LogP contribution in [0.5, 0.6) is 11.5 Å². The molecule has 5 rings (SSSR count). The van der Waals surface area contributed by atoms with Crippen molar-refractivity contribution in [2.45, 2.75) is 51.7 Å². The number of fused-ring (bicyclic) bond motifs is 1. The molecule has 208 valence electrons. The minimum Gasteiger partial charge on any atom is -0.507 e. The summed E-state index contributed by atoms with van der Waals surface area (Å²) in [7, 11) is 0. The molecule has 39 heavy (non-hydrogen) atoms. The fraction of sp³-hybridized carbons (Fsp3) is 0.484. The highest BCUT2D eigenvalue weighted by atomic mass is 16.5. The SMILES string of the molecule is CCCCOc1cccc([C@H]2/C(=C(\O)c3ccc4c(c3)C[C@H](C)O4)C(=O)C(=O)N2CCCN2CCOCC2)c1. The fourth-order valence-corrected chi connectivity index (χ4v) is 5.58. The Labute approximate surface area is 230 Å². The zero-order valence-corrected chi connectivity index (χ0v) is 22.9. The van der Waals surface area contributed by atoms with Gasteiger partial charge in [-0.2, -0.15) is 0 Å². The van der Waals surface area contributed by atoms with Gasteiger partial charge in [0, 0.05) is 38.2 Å². The van der Waals surface area contributed by atoms with Gasteiger partial charge in [-0.25, -0.2) is 0 Å². The third-order valence-corrected chi connectivity index (χ3v) is 7.63. The third kappa shape index (κ3) is 5.97. The van der Waals surface area contributed by atoms with Crippen molar-refractivity contribution >= 4 is 17.4 Å². The molecule has 2 atom stereocenters. The summed E-state index contributed by atoms with van der Waals surface area (Å²) in [6.45, 7) is 9.05. The Kier molecular flexibility index (Phi) is 8.53. The normalized spacial score (nSPS) is 22.7. The standard InChI is InChI=1S/C31H38N2O6/c1-3-4-15-38-25-8-5-7-22(20-25)28-27(29(34)23-9-10-26-24(19-23)18-21(2)39-26)30(35)31(36)33(28)12-6-11-32-13-16-37-17-14-32/h5,7-10,19-21,28,34H,3-4,6,11-18H2,1-2H3/b29-27+/t21-,28-/m0/s1. The number of likely N-dealkylation sites (tertiary alicyclic amines) is 1. The highest BCUT2D eigenvalue weighted by Crippen LogP contribution is 2.41. The summed E-state index contributed by atoms with van der Waals surface area (Å²) in [5.41, 5.74) is 2.35. The average molecular weight is 535 g/mol. The maximum absolute atomic E-state index is 13.5. The van der Waals surface area contributed by atoms with Gasteiger partial charge in [0.15, 0.2) is 0 Å². The van der Waals surface area contributed by atoms with Crippen molar-refractivity contribution in [2.24, 2.45) is 0 Å². The van der Waals surface area contributed by atoms with Gasteiger partial charge in [0.1, 0.15) is 23.4 Å². The van der Waals surface area contributed by atoms with Gasteiger partial charge in [0.25, 0.3) is 11.7 Å². The molecule has 0 saturated carbocycles. The molecular weight excluding hydrogens is 496 g/mol. The van der Waals surface area contributed by atoms with Gasteiger partial charge in [-0.05, 0) is 61.2 Å². The number of amides is 1. The molecule has 2 aromatic rings. The maximum Gasteiger partial charge on any atom is 0.295 e. The van der Waals surface area contributed by atoms with E-state index >= 15 is 0 Å². The van der Waals surface area contributed by atoms with Crippen molar-refractivity contribution in [1.29, 1.82) is 0 Å². The van der Waals surface area contributed by atoms with Gasteiger partial charge in [-0.1, -0.05) is 25.5 Å². The summed E-state index contributed by atoms with van der Waals surface area (Å²) in [6, 6.07) is 12.3. The Morgan fingerprint density at radius 1 is 1.08 bits per heavy atom. The van der Waals surface area contributed by atoms with Gasteiger partial charge in [-0.15, -0.1) is 0 Å². The van der Waals surface area contributed by atoms with Crippen LogP contribution < -0.4 is 9.47 Å². The third-order valence-electron chi connectivity index (χ3n) is 7.63. The van der Waals surface area contributed by atoms with Crippen LogP contribution in [-0.4, -0.2) is 78.7 Å². The van der Waals surface area contributed by atoms with E-state index < -0.39 is 17.7 Å². The van der Waals surface area contributed by atoms with Crippen molar-refractivity contribution in [1.82, 2.24) is 9.80 Å². The zero-order chi connectivity index (χ0) is 27.4. The smallest absolute Gasteiger partial charge is 0.295 e. The highest BCUT2D eigenvalue weighted by Gasteiger charge is 2.46. The zero-order valence-electron chi connectivity index (χ0n) is 22.9. The first-order chi connectivity index (χ1) is 19.0. The average Bonchev–Trinajstić information content (AvgIpc) is 3.44. The molecule has 0 aromatic heterocycles. The Hall–Kier alpha value is -3.36. The summed E-state index contributed by atoms with van der Waals surface area (Å²) in [6.07, 6.45) is 3.46. The van der Waals surface area contributed by atoms with Crippen molar-refractivity contribution in [2.75, 3.05) is 46.0 Å². The molecule has 0 aliphatic carbocycles. The Balaban J connectivity index is 1.48. The largest absolute Gasteiger partial charge is 0.507 e. The van der Waals surface area contributed by atoms with Crippen LogP contribution in [-0.2, 0) is 20.7 Å². The van der Waals surface area contributed by atoms with Gasteiger partial charge < -0.3 is 24.2 Å². The van der Waals surface area contributed by atoms with Crippen molar-refractivity contribution in [3.63, 3.8) is 0 Å². The molecule has 0 unspecified atom stereocenters. The first-order valence-electron chi connectivity index (χ1n) is 14.1. The monoisotopic (exact) mass is 534 g/mol. The van der Waals surface area contributed by atoms with E-state index in [0.29, 0.717) is 44.1 Å². The van der Waals surface area contributed by atoms with E-state index in [0.717, 1.165) is 55.8 Å². The molecule has 8 heteroatoms. The number of benzene rings is 2. The van der Waals surface area contributed by atoms with Crippen LogP contribution in [0.15, 0.2) is 48.0 Å². The van der Waals surface area contributed by atoms with Gasteiger partial charge in [0.2, 0.25) is 0 Å². The molecule has 3 aliphatic heterocycles. The fourth-order valence-electron chi connectivity index (χ4n) is 5.58. The van der Waals surface area contributed by atoms with Gasteiger partial charge >= 0.3 is 0 Å². The highest BCUT2D eigenvalue weighted by molar-refractivity contribution is 6.46. The van der Waals surface area contributed by atoms with E-state index in [4.69, 9.17) is 14.2 Å². The number of carbonyl (C=O) groups excluding carboxylic acids is 2. The van der Waals surface area contributed by atoms with Gasteiger partial charge in [0.05, 0.1) is 31.4 Å². The summed E-state index contributed by atoms with van der Waals surface area (Å²) >= 11 is 0. The second-order valence-electron chi connectivity index (χ2n) is 10.5. The van der Waals surface area contributed by atoms with Crippen LogP contribution in [0.25, 0.3) is 5.76 Å². The number of ether oxygens (including phenoxy) is 3. The minimum atomic E-state index is -0.701. The predicted molar refractivity (Wildman–Crippen MR) is 148 cm³/mol. The van der Waals surface area contributed by atoms with Crippen molar-refractivity contribution in [3.05, 3.63) is 64.7 Å². The molecule has 2 saturated heterocycles. The first kappa shape index (κ1) is 27.2. The Morgan fingerprint density at radius 2 is 1.90 bits per heavy atom. The molecule has 8 nitrogen and oxygen atoms in total. The lowest BCUT2D eigenvalue weighted by molar-refractivity contribution is -0.140. The van der Waals surface area contributed by atoms with Crippen LogP contribution in [0.1, 0.15) is 55.8 Å². The number of rotatable bonds is 10. The number of unbranched alkanes of at least 4 members (excludes halogenated alkanes) is 1. The number of hydrogen-bond donors (Lipinski definition) is 1. The molecular formula is C31H38N2O6. The number of aliphatic hydroxyl groups excluding tert-OH is 1. The first-order valence-corrected chi connectivity index (χ1v) is 14.1. The number of hydrogen-bond acceptors (Lipinski definition) is 7. The van der Waals surface area contributed by atoms with Gasteiger partial charge in [-0.3, -0.25) is 14.5 Å². The number of nitrogens with zero attached hydrogens (tertiary/aromatic N) is 2. The molecule has 3 aliphatic rings. The lowest BCUT2D eigenvalue weighted by Gasteiger charge is -2.29. The summed E-state index contributed by atoms with van der Waals surface area (Å²) in [5.74, 6) is 0.0681. The van der Waals surface area contributed by atoms with E-state index in [2.05, 4.69) is 11.8 Å². The maximum atomic E-state index is 13.5. The summed E-state index contributed by atoms with van der Waals surface area (Å²) in [4.78, 5) is 30.8. The molecule has 0 bridgehead atoms. The van der Waals surface area contributed by atoms with E-state index in [9.17, 15) is 14.7 Å². The molecule has 0 spiro atoms. The Morgan fingerprint density at radius 3 is 2.69 bits per heavy atom. The molecule has 2 aromatic carbocycles. The minimum absolute atomic E-state index is 0.0601. The number of morpholine rings is 1. The van der Waals surface area contributed by atoms with E-state index in [1.54, 1.807) is 11.0 Å². The van der Waals surface area contributed by atoms with E-state index in [1.165, 1.54) is 0 Å². The quantitative estimate of drug-likeness (QED) is 0.210. The molecule has 1 amide bonds. The lowest BCUT2D eigenvalue weighted by atomic mass is 9.94. The number of Topliss-reactive ketones (excluding diaryl/α,β-unsaturated/α-hetero) is 1. The Bertz CT molecular complexity index is 1240. The van der Waals surface area contributed by atoms with E-state index in [1.807, 2.05) is 43.3 Å². The van der Waals surface area contributed by atoms with Crippen molar-refractivity contribution in [3.8, 4) is 11.5 Å². The van der Waals surface area contributed by atoms with Crippen LogP contribution in [0, 0.1) is 0 Å². The second kappa shape index (κ2) is 12.2. The van der Waals surface area contributed by atoms with Crippen molar-refractivity contribution < 1.29 is 28.9 Å². The van der Waals surface area contributed by atoms with Crippen LogP contribution in [0.4, 0.5) is 0 Å². The molecule has 1 N–H and O–H groups in total.